The summed E-state index contributed by atoms with van der Waals surface area (Å²) in [4.78, 5) is 11.0. The van der Waals surface area contributed by atoms with Crippen molar-refractivity contribution in [1.29, 1.82) is 0 Å². The Bertz CT molecular complexity index is 765. The van der Waals surface area contributed by atoms with Crippen LogP contribution in [0.25, 0.3) is 0 Å². The molecule has 1 aromatic heterocycles. The van der Waals surface area contributed by atoms with Gasteiger partial charge in [0.25, 0.3) is 5.69 Å². The lowest BCUT2D eigenvalue weighted by Gasteiger charge is -2.15. The molecule has 8 heteroatoms. The third-order valence-corrected chi connectivity index (χ3v) is 4.38. The fourth-order valence-electron chi connectivity index (χ4n) is 2.95. The minimum absolute atomic E-state index is 0.0148. The maximum absolute atomic E-state index is 11.4. The maximum atomic E-state index is 11.4. The van der Waals surface area contributed by atoms with Gasteiger partial charge in [-0.15, -0.1) is 0 Å². The molecule has 25 heavy (non-hydrogen) atoms. The second-order valence-corrected chi connectivity index (χ2v) is 5.86. The SMILES string of the molecule is CCc1noc(CC)c1CN[C@@H](C)c1cc2c(cc1[N+](=O)[O-])OCO2. The fourth-order valence-corrected chi connectivity index (χ4v) is 2.95. The zero-order valence-electron chi connectivity index (χ0n) is 14.5. The topological polar surface area (TPSA) is 99.7 Å². The van der Waals surface area contributed by atoms with Crippen LogP contribution in [0.4, 0.5) is 5.69 Å². The van der Waals surface area contributed by atoms with Gasteiger partial charge in [0.05, 0.1) is 22.2 Å². The number of hydrogen-bond acceptors (Lipinski definition) is 7. The number of nitro groups is 1. The van der Waals surface area contributed by atoms with Crippen LogP contribution < -0.4 is 14.8 Å². The maximum Gasteiger partial charge on any atom is 0.278 e. The normalized spacial score (nSPS) is 13.9. The van der Waals surface area contributed by atoms with Crippen molar-refractivity contribution in [3.63, 3.8) is 0 Å². The average Bonchev–Trinajstić information content (AvgIpc) is 3.23. The lowest BCUT2D eigenvalue weighted by molar-refractivity contribution is -0.385. The molecule has 1 aliphatic heterocycles. The van der Waals surface area contributed by atoms with Gasteiger partial charge < -0.3 is 19.3 Å². The molecule has 2 heterocycles. The van der Waals surface area contributed by atoms with E-state index in [0.717, 1.165) is 29.9 Å². The fraction of sp³-hybridized carbons (Fsp3) is 0.471. The van der Waals surface area contributed by atoms with Crippen LogP contribution in [0.3, 0.4) is 0 Å². The molecule has 134 valence electrons. The molecule has 0 spiro atoms. The molecule has 0 fully saturated rings. The van der Waals surface area contributed by atoms with Crippen LogP contribution in [0.1, 0.15) is 49.4 Å². The molecule has 0 unspecified atom stereocenters. The highest BCUT2D eigenvalue weighted by molar-refractivity contribution is 5.56. The third-order valence-electron chi connectivity index (χ3n) is 4.38. The second kappa shape index (κ2) is 7.10. The number of aromatic nitrogens is 1. The Kier molecular flexibility index (Phi) is 4.89. The Morgan fingerprint density at radius 1 is 1.28 bits per heavy atom. The summed E-state index contributed by atoms with van der Waals surface area (Å²) in [6, 6.07) is 2.84. The molecule has 2 aromatic rings. The predicted molar refractivity (Wildman–Crippen MR) is 89.7 cm³/mol. The van der Waals surface area contributed by atoms with Crippen molar-refractivity contribution < 1.29 is 18.9 Å². The van der Waals surface area contributed by atoms with Gasteiger partial charge >= 0.3 is 0 Å². The summed E-state index contributed by atoms with van der Waals surface area (Å²) in [6.45, 7) is 6.53. The molecular formula is C17H21N3O5. The van der Waals surface area contributed by atoms with Crippen molar-refractivity contribution in [2.45, 2.75) is 46.2 Å². The molecule has 0 radical (unpaired) electrons. The number of rotatable bonds is 7. The van der Waals surface area contributed by atoms with Gasteiger partial charge in [-0.2, -0.15) is 0 Å². The predicted octanol–water partition coefficient (Wildman–Crippen LogP) is 3.29. The summed E-state index contributed by atoms with van der Waals surface area (Å²) in [5, 5.41) is 18.8. The number of ether oxygens (including phenoxy) is 2. The van der Waals surface area contributed by atoms with Crippen LogP contribution in [-0.2, 0) is 19.4 Å². The highest BCUT2D eigenvalue weighted by Crippen LogP contribution is 2.40. The van der Waals surface area contributed by atoms with E-state index in [2.05, 4.69) is 10.5 Å². The third kappa shape index (κ3) is 3.30. The van der Waals surface area contributed by atoms with Crippen molar-refractivity contribution in [1.82, 2.24) is 10.5 Å². The summed E-state index contributed by atoms with van der Waals surface area (Å²) >= 11 is 0. The van der Waals surface area contributed by atoms with E-state index in [9.17, 15) is 10.1 Å². The van der Waals surface area contributed by atoms with Crippen LogP contribution in [0.5, 0.6) is 11.5 Å². The van der Waals surface area contributed by atoms with Gasteiger partial charge in [-0.05, 0) is 19.4 Å². The molecule has 0 saturated heterocycles. The van der Waals surface area contributed by atoms with Gasteiger partial charge in [-0.3, -0.25) is 10.1 Å². The van der Waals surface area contributed by atoms with Crippen LogP contribution in [0.15, 0.2) is 16.7 Å². The Hall–Kier alpha value is -2.61. The number of nitrogens with one attached hydrogen (secondary N) is 1. The minimum Gasteiger partial charge on any atom is -0.454 e. The van der Waals surface area contributed by atoms with Crippen molar-refractivity contribution in [3.05, 3.63) is 44.8 Å². The Balaban J connectivity index is 1.83. The first kappa shape index (κ1) is 17.2. The Morgan fingerprint density at radius 2 is 2.00 bits per heavy atom. The van der Waals surface area contributed by atoms with Crippen molar-refractivity contribution in [2.75, 3.05) is 6.79 Å². The van der Waals surface area contributed by atoms with Crippen molar-refractivity contribution in [3.8, 4) is 11.5 Å². The molecule has 8 nitrogen and oxygen atoms in total. The van der Waals surface area contributed by atoms with Crippen LogP contribution >= 0.6 is 0 Å². The molecule has 1 aliphatic rings. The second-order valence-electron chi connectivity index (χ2n) is 5.86. The zero-order chi connectivity index (χ0) is 18.0. The zero-order valence-corrected chi connectivity index (χ0v) is 14.5. The number of hydrogen-bond donors (Lipinski definition) is 1. The van der Waals surface area contributed by atoms with Gasteiger partial charge in [0.2, 0.25) is 6.79 Å². The number of nitrogens with zero attached hydrogens (tertiary/aromatic N) is 2. The van der Waals surface area contributed by atoms with E-state index in [-0.39, 0.29) is 18.5 Å². The number of benzene rings is 1. The van der Waals surface area contributed by atoms with Gasteiger partial charge in [0.15, 0.2) is 11.5 Å². The lowest BCUT2D eigenvalue weighted by Crippen LogP contribution is -2.20. The summed E-state index contributed by atoms with van der Waals surface area (Å²) < 4.78 is 15.9. The van der Waals surface area contributed by atoms with E-state index < -0.39 is 4.92 Å². The van der Waals surface area contributed by atoms with Crippen LogP contribution in [0, 0.1) is 10.1 Å². The highest BCUT2D eigenvalue weighted by Gasteiger charge is 2.26. The Labute approximate surface area is 145 Å². The first-order valence-corrected chi connectivity index (χ1v) is 8.32. The number of nitro benzene ring substituents is 1. The van der Waals surface area contributed by atoms with E-state index >= 15 is 0 Å². The summed E-state index contributed by atoms with van der Waals surface area (Å²) in [6.07, 6.45) is 1.53. The van der Waals surface area contributed by atoms with Crippen LogP contribution in [-0.4, -0.2) is 16.9 Å². The van der Waals surface area contributed by atoms with Gasteiger partial charge in [0, 0.05) is 24.6 Å². The van der Waals surface area contributed by atoms with E-state index in [1.54, 1.807) is 6.07 Å². The molecule has 1 aromatic carbocycles. The first-order chi connectivity index (χ1) is 12.0. The monoisotopic (exact) mass is 347 g/mol. The van der Waals surface area contributed by atoms with E-state index in [0.29, 0.717) is 23.6 Å². The lowest BCUT2D eigenvalue weighted by atomic mass is 10.0. The Morgan fingerprint density at radius 3 is 2.64 bits per heavy atom. The van der Waals surface area contributed by atoms with E-state index in [1.165, 1.54) is 6.07 Å². The number of aryl methyl sites for hydroxylation is 2. The smallest absolute Gasteiger partial charge is 0.278 e. The van der Waals surface area contributed by atoms with Gasteiger partial charge in [-0.1, -0.05) is 19.0 Å². The molecule has 3 rings (SSSR count). The molecule has 1 N–H and O–H groups in total. The van der Waals surface area contributed by atoms with Gasteiger partial charge in [-0.25, -0.2) is 0 Å². The summed E-state index contributed by atoms with van der Waals surface area (Å²) in [5.41, 5.74) is 2.51. The number of fused-ring (bicyclic) bond motifs is 1. The molecule has 0 aliphatic carbocycles. The van der Waals surface area contributed by atoms with E-state index in [4.69, 9.17) is 14.0 Å². The van der Waals surface area contributed by atoms with Crippen LogP contribution in [0.2, 0.25) is 0 Å². The standard InChI is InChI=1S/C17H21N3O5/c1-4-13-12(15(5-2)25-19-13)8-18-10(3)11-6-16-17(24-9-23-16)7-14(11)20(21)22/h6-7,10,18H,4-5,8-9H2,1-3H3/t10-/m0/s1. The summed E-state index contributed by atoms with van der Waals surface area (Å²) in [7, 11) is 0. The quantitative estimate of drug-likeness (QED) is 0.606. The summed E-state index contributed by atoms with van der Waals surface area (Å²) in [5.74, 6) is 1.78. The first-order valence-electron chi connectivity index (χ1n) is 8.32. The largest absolute Gasteiger partial charge is 0.454 e. The minimum atomic E-state index is -0.399. The molecular weight excluding hydrogens is 326 g/mol. The highest BCUT2D eigenvalue weighted by atomic mass is 16.7. The van der Waals surface area contributed by atoms with Crippen molar-refractivity contribution >= 4 is 5.69 Å². The van der Waals surface area contributed by atoms with E-state index in [1.807, 2.05) is 20.8 Å². The molecule has 0 bridgehead atoms. The molecule has 1 atom stereocenters. The average molecular weight is 347 g/mol. The van der Waals surface area contributed by atoms with Gasteiger partial charge in [0.1, 0.15) is 5.76 Å². The molecule has 0 saturated carbocycles. The molecule has 0 amide bonds. The van der Waals surface area contributed by atoms with Crippen molar-refractivity contribution in [2.24, 2.45) is 0 Å².